The standard InChI is InChI=1S/C17H27NO3/c1-3-18-16(15-5-4-13(2)21-15)14-6-9-20-17(12-14)7-10-19-11-8-17/h4-5,14,16,18H,3,6-12H2,1-2H3. The smallest absolute Gasteiger partial charge is 0.121 e. The Morgan fingerprint density at radius 2 is 2.10 bits per heavy atom. The fourth-order valence-electron chi connectivity index (χ4n) is 3.78. The highest BCUT2D eigenvalue weighted by Crippen LogP contribution is 2.42. The summed E-state index contributed by atoms with van der Waals surface area (Å²) in [6.45, 7) is 7.64. The summed E-state index contributed by atoms with van der Waals surface area (Å²) in [5.74, 6) is 2.63. The summed E-state index contributed by atoms with van der Waals surface area (Å²) >= 11 is 0. The average molecular weight is 293 g/mol. The third kappa shape index (κ3) is 3.33. The molecule has 2 atom stereocenters. The first-order valence-electron chi connectivity index (χ1n) is 8.24. The summed E-state index contributed by atoms with van der Waals surface area (Å²) in [6.07, 6.45) is 4.26. The number of aryl methyl sites for hydroxylation is 1. The molecule has 2 aliphatic rings. The van der Waals surface area contributed by atoms with Crippen LogP contribution >= 0.6 is 0 Å². The fourth-order valence-corrected chi connectivity index (χ4v) is 3.78. The molecule has 0 aromatic carbocycles. The molecule has 0 aliphatic carbocycles. The Hall–Kier alpha value is -0.840. The number of furan rings is 1. The van der Waals surface area contributed by atoms with Crippen LogP contribution < -0.4 is 5.32 Å². The van der Waals surface area contributed by atoms with Crippen molar-refractivity contribution in [1.29, 1.82) is 0 Å². The minimum atomic E-state index is 0.0382. The van der Waals surface area contributed by atoms with Crippen LogP contribution in [-0.2, 0) is 9.47 Å². The van der Waals surface area contributed by atoms with Gasteiger partial charge in [0, 0.05) is 19.8 Å². The number of hydrogen-bond acceptors (Lipinski definition) is 4. The molecule has 2 saturated heterocycles. The summed E-state index contributed by atoms with van der Waals surface area (Å²) in [5, 5.41) is 3.62. The lowest BCUT2D eigenvalue weighted by Crippen LogP contribution is -2.46. The molecule has 1 spiro atoms. The highest BCUT2D eigenvalue weighted by molar-refractivity contribution is 5.12. The van der Waals surface area contributed by atoms with Gasteiger partial charge in [0.1, 0.15) is 11.5 Å². The third-order valence-electron chi connectivity index (χ3n) is 4.90. The molecule has 21 heavy (non-hydrogen) atoms. The molecule has 4 nitrogen and oxygen atoms in total. The van der Waals surface area contributed by atoms with Crippen LogP contribution in [0.1, 0.15) is 50.2 Å². The Morgan fingerprint density at radius 1 is 1.29 bits per heavy atom. The molecule has 118 valence electrons. The molecular formula is C17H27NO3. The monoisotopic (exact) mass is 293 g/mol. The first kappa shape index (κ1) is 15.1. The summed E-state index contributed by atoms with van der Waals surface area (Å²) in [4.78, 5) is 0. The van der Waals surface area contributed by atoms with Crippen molar-refractivity contribution in [3.63, 3.8) is 0 Å². The zero-order chi connectivity index (χ0) is 14.7. The Balaban J connectivity index is 1.75. The van der Waals surface area contributed by atoms with E-state index in [-0.39, 0.29) is 5.60 Å². The third-order valence-corrected chi connectivity index (χ3v) is 4.90. The van der Waals surface area contributed by atoms with Gasteiger partial charge < -0.3 is 19.2 Å². The maximum absolute atomic E-state index is 6.17. The van der Waals surface area contributed by atoms with E-state index in [4.69, 9.17) is 13.9 Å². The lowest BCUT2D eigenvalue weighted by molar-refractivity contribution is -0.150. The predicted molar refractivity (Wildman–Crippen MR) is 81.3 cm³/mol. The Morgan fingerprint density at radius 3 is 2.76 bits per heavy atom. The molecule has 2 unspecified atom stereocenters. The molecule has 1 aromatic rings. The molecule has 0 bridgehead atoms. The van der Waals surface area contributed by atoms with Crippen LogP contribution in [0.5, 0.6) is 0 Å². The van der Waals surface area contributed by atoms with Crippen LogP contribution in [0.15, 0.2) is 16.5 Å². The van der Waals surface area contributed by atoms with Gasteiger partial charge in [-0.15, -0.1) is 0 Å². The highest BCUT2D eigenvalue weighted by Gasteiger charge is 2.42. The Labute approximate surface area is 127 Å². The molecule has 4 heteroatoms. The quantitative estimate of drug-likeness (QED) is 0.925. The number of nitrogens with one attached hydrogen (secondary N) is 1. The van der Waals surface area contributed by atoms with Gasteiger partial charge in [-0.05, 0) is 57.2 Å². The van der Waals surface area contributed by atoms with E-state index in [1.54, 1.807) is 0 Å². The lowest BCUT2D eigenvalue weighted by atomic mass is 9.77. The van der Waals surface area contributed by atoms with Crippen LogP contribution in [0.3, 0.4) is 0 Å². The van der Waals surface area contributed by atoms with Crippen molar-refractivity contribution in [3.05, 3.63) is 23.7 Å². The molecule has 0 saturated carbocycles. The van der Waals surface area contributed by atoms with E-state index in [9.17, 15) is 0 Å². The van der Waals surface area contributed by atoms with E-state index in [2.05, 4.69) is 24.4 Å². The second-order valence-electron chi connectivity index (χ2n) is 6.38. The van der Waals surface area contributed by atoms with Crippen LogP contribution in [0, 0.1) is 12.8 Å². The minimum absolute atomic E-state index is 0.0382. The second-order valence-corrected chi connectivity index (χ2v) is 6.38. The van der Waals surface area contributed by atoms with E-state index in [0.29, 0.717) is 12.0 Å². The zero-order valence-electron chi connectivity index (χ0n) is 13.2. The van der Waals surface area contributed by atoms with E-state index >= 15 is 0 Å². The lowest BCUT2D eigenvalue weighted by Gasteiger charge is -2.45. The second kappa shape index (κ2) is 6.51. The van der Waals surface area contributed by atoms with Gasteiger partial charge in [0.05, 0.1) is 11.6 Å². The largest absolute Gasteiger partial charge is 0.465 e. The van der Waals surface area contributed by atoms with Crippen molar-refractivity contribution < 1.29 is 13.9 Å². The maximum atomic E-state index is 6.17. The van der Waals surface area contributed by atoms with Gasteiger partial charge in [-0.2, -0.15) is 0 Å². The van der Waals surface area contributed by atoms with E-state index in [1.807, 2.05) is 6.92 Å². The van der Waals surface area contributed by atoms with E-state index in [0.717, 1.165) is 63.6 Å². The van der Waals surface area contributed by atoms with Gasteiger partial charge in [-0.3, -0.25) is 0 Å². The number of rotatable bonds is 4. The predicted octanol–water partition coefficient (Wildman–Crippen LogP) is 3.21. The molecule has 3 heterocycles. The fraction of sp³-hybridized carbons (Fsp3) is 0.765. The summed E-state index contributed by atoms with van der Waals surface area (Å²) in [6, 6.07) is 4.48. The molecule has 2 aliphatic heterocycles. The first-order chi connectivity index (χ1) is 10.2. The molecule has 2 fully saturated rings. The minimum Gasteiger partial charge on any atom is -0.465 e. The van der Waals surface area contributed by atoms with Crippen LogP contribution in [0.2, 0.25) is 0 Å². The van der Waals surface area contributed by atoms with Gasteiger partial charge in [-0.25, -0.2) is 0 Å². The highest BCUT2D eigenvalue weighted by atomic mass is 16.5. The normalized spacial score (nSPS) is 26.9. The molecule has 1 N–H and O–H groups in total. The van der Waals surface area contributed by atoms with Crippen molar-refractivity contribution >= 4 is 0 Å². The first-order valence-corrected chi connectivity index (χ1v) is 8.24. The SMILES string of the molecule is CCNC(c1ccc(C)o1)C1CCOC2(CCOCC2)C1. The Bertz CT molecular complexity index is 445. The van der Waals surface area contributed by atoms with Gasteiger partial charge in [0.15, 0.2) is 0 Å². The summed E-state index contributed by atoms with van der Waals surface area (Å²) in [7, 11) is 0. The Kier molecular flexibility index (Phi) is 4.67. The van der Waals surface area contributed by atoms with Crippen molar-refractivity contribution in [1.82, 2.24) is 5.32 Å². The van der Waals surface area contributed by atoms with Crippen LogP contribution in [0.4, 0.5) is 0 Å². The zero-order valence-corrected chi connectivity index (χ0v) is 13.2. The number of hydrogen-bond donors (Lipinski definition) is 1. The molecule has 0 radical (unpaired) electrons. The molecule has 3 rings (SSSR count). The van der Waals surface area contributed by atoms with Crippen LogP contribution in [0.25, 0.3) is 0 Å². The number of ether oxygens (including phenoxy) is 2. The molecular weight excluding hydrogens is 266 g/mol. The average Bonchev–Trinajstić information content (AvgIpc) is 2.92. The maximum Gasteiger partial charge on any atom is 0.121 e. The van der Waals surface area contributed by atoms with E-state index < -0.39 is 0 Å². The van der Waals surface area contributed by atoms with E-state index in [1.165, 1.54) is 0 Å². The summed E-state index contributed by atoms with van der Waals surface area (Å²) < 4.78 is 17.6. The van der Waals surface area contributed by atoms with Crippen molar-refractivity contribution in [2.75, 3.05) is 26.4 Å². The summed E-state index contributed by atoms with van der Waals surface area (Å²) in [5.41, 5.74) is 0.0382. The molecule has 1 aromatic heterocycles. The van der Waals surface area contributed by atoms with Crippen molar-refractivity contribution in [2.24, 2.45) is 5.92 Å². The van der Waals surface area contributed by atoms with Crippen LogP contribution in [-0.4, -0.2) is 32.0 Å². The van der Waals surface area contributed by atoms with Gasteiger partial charge in [-0.1, -0.05) is 6.92 Å². The van der Waals surface area contributed by atoms with Gasteiger partial charge in [0.2, 0.25) is 0 Å². The van der Waals surface area contributed by atoms with Crippen molar-refractivity contribution in [3.8, 4) is 0 Å². The van der Waals surface area contributed by atoms with Crippen molar-refractivity contribution in [2.45, 2.75) is 51.2 Å². The molecule has 0 amide bonds. The van der Waals surface area contributed by atoms with Gasteiger partial charge >= 0.3 is 0 Å². The van der Waals surface area contributed by atoms with Gasteiger partial charge in [0.25, 0.3) is 0 Å². The topological polar surface area (TPSA) is 43.6 Å².